The predicted molar refractivity (Wildman–Crippen MR) is 93.3 cm³/mol. The summed E-state index contributed by atoms with van der Waals surface area (Å²) in [5.41, 5.74) is -0.816. The van der Waals surface area contributed by atoms with Crippen molar-refractivity contribution < 1.29 is 14.4 Å². The lowest BCUT2D eigenvalue weighted by atomic mass is 9.77. The molecule has 1 spiro atoms. The minimum absolute atomic E-state index is 0.0110. The van der Waals surface area contributed by atoms with Crippen LogP contribution < -0.4 is 0 Å². The largest absolute Gasteiger partial charge is 0.329 e. The summed E-state index contributed by atoms with van der Waals surface area (Å²) >= 11 is 0. The molecule has 1 saturated heterocycles. The van der Waals surface area contributed by atoms with Gasteiger partial charge in [0.15, 0.2) is 0 Å². The fraction of sp³-hybridized carbons (Fsp3) is 0.650. The highest BCUT2D eigenvalue weighted by Crippen LogP contribution is 2.53. The van der Waals surface area contributed by atoms with E-state index in [0.29, 0.717) is 12.3 Å². The quantitative estimate of drug-likeness (QED) is 0.688. The molecule has 3 atom stereocenters. The monoisotopic (exact) mass is 342 g/mol. The van der Waals surface area contributed by atoms with E-state index < -0.39 is 5.54 Å². The van der Waals surface area contributed by atoms with Gasteiger partial charge in [-0.25, -0.2) is 0 Å². The van der Waals surface area contributed by atoms with Crippen LogP contribution in [-0.4, -0.2) is 45.1 Å². The first-order valence-corrected chi connectivity index (χ1v) is 9.24. The highest BCUT2D eigenvalue weighted by Gasteiger charge is 2.59. The molecule has 134 valence electrons. The van der Waals surface area contributed by atoms with E-state index in [1.54, 1.807) is 6.08 Å². The highest BCUT2D eigenvalue weighted by atomic mass is 16.2. The molecule has 0 radical (unpaired) electrons. The van der Waals surface area contributed by atoms with E-state index in [-0.39, 0.29) is 28.7 Å². The van der Waals surface area contributed by atoms with Crippen molar-refractivity contribution in [3.63, 3.8) is 0 Å². The standard InChI is InChI=1S/C20H26N2O3/c1-14-10-18(2,3)13-21-15(23)6-7-19(21)8-9-20(11-14,12-19)22-16(24)4-5-17(22)25/h4-7,14H,8-13H2,1-3H3/t14?,19-,20-/m0/s1. The van der Waals surface area contributed by atoms with Gasteiger partial charge < -0.3 is 4.90 Å². The summed E-state index contributed by atoms with van der Waals surface area (Å²) < 4.78 is 0. The van der Waals surface area contributed by atoms with Crippen molar-refractivity contribution in [1.82, 2.24) is 9.80 Å². The number of nitrogens with zero attached hydrogens (tertiary/aromatic N) is 2. The van der Waals surface area contributed by atoms with Crippen molar-refractivity contribution in [2.75, 3.05) is 6.54 Å². The maximum atomic E-state index is 12.6. The molecule has 2 fully saturated rings. The first-order valence-electron chi connectivity index (χ1n) is 9.24. The van der Waals surface area contributed by atoms with Crippen LogP contribution in [-0.2, 0) is 14.4 Å². The molecule has 2 bridgehead atoms. The van der Waals surface area contributed by atoms with Gasteiger partial charge in [-0.1, -0.05) is 26.8 Å². The Morgan fingerprint density at radius 3 is 2.32 bits per heavy atom. The molecule has 1 aliphatic carbocycles. The molecule has 0 aromatic heterocycles. The molecule has 3 amide bonds. The summed E-state index contributed by atoms with van der Waals surface area (Å²) in [7, 11) is 0. The fourth-order valence-electron chi connectivity index (χ4n) is 5.91. The molecule has 1 saturated carbocycles. The third kappa shape index (κ3) is 2.39. The second-order valence-corrected chi connectivity index (χ2v) is 9.29. The van der Waals surface area contributed by atoms with Crippen LogP contribution in [0.4, 0.5) is 0 Å². The fourth-order valence-corrected chi connectivity index (χ4v) is 5.91. The molecular formula is C20H26N2O3. The molecule has 0 aromatic rings. The molecule has 4 aliphatic rings. The Labute approximate surface area is 148 Å². The normalized spacial score (nSPS) is 39.6. The van der Waals surface area contributed by atoms with Gasteiger partial charge >= 0.3 is 0 Å². The molecule has 25 heavy (non-hydrogen) atoms. The van der Waals surface area contributed by atoms with Crippen LogP contribution >= 0.6 is 0 Å². The van der Waals surface area contributed by atoms with Gasteiger partial charge in [-0.05, 0) is 43.4 Å². The average molecular weight is 342 g/mol. The third-order valence-electron chi connectivity index (χ3n) is 6.50. The van der Waals surface area contributed by atoms with Crippen LogP contribution in [0.25, 0.3) is 0 Å². The van der Waals surface area contributed by atoms with Crippen LogP contribution in [0.5, 0.6) is 0 Å². The zero-order valence-electron chi connectivity index (χ0n) is 15.2. The minimum atomic E-state index is -0.481. The topological polar surface area (TPSA) is 57.7 Å². The van der Waals surface area contributed by atoms with E-state index in [2.05, 4.69) is 20.8 Å². The second-order valence-electron chi connectivity index (χ2n) is 9.29. The maximum absolute atomic E-state index is 12.6. The van der Waals surface area contributed by atoms with E-state index in [4.69, 9.17) is 0 Å². The number of carbonyl (C=O) groups is 3. The van der Waals surface area contributed by atoms with Crippen molar-refractivity contribution in [2.24, 2.45) is 11.3 Å². The number of rotatable bonds is 1. The van der Waals surface area contributed by atoms with Crippen LogP contribution in [0.15, 0.2) is 24.3 Å². The van der Waals surface area contributed by atoms with E-state index in [1.807, 2.05) is 11.0 Å². The number of hydrogen-bond acceptors (Lipinski definition) is 3. The van der Waals surface area contributed by atoms with Crippen LogP contribution in [0.1, 0.15) is 52.9 Å². The van der Waals surface area contributed by atoms with E-state index in [0.717, 1.165) is 32.2 Å². The van der Waals surface area contributed by atoms with Crippen LogP contribution in [0.3, 0.4) is 0 Å². The molecule has 4 rings (SSSR count). The lowest BCUT2D eigenvalue weighted by Gasteiger charge is -2.41. The van der Waals surface area contributed by atoms with Crippen molar-refractivity contribution in [3.05, 3.63) is 24.3 Å². The van der Waals surface area contributed by atoms with E-state index >= 15 is 0 Å². The van der Waals surface area contributed by atoms with Gasteiger partial charge in [-0.2, -0.15) is 0 Å². The molecule has 0 N–H and O–H groups in total. The lowest BCUT2D eigenvalue weighted by molar-refractivity contribution is -0.145. The number of fused-ring (bicyclic) bond motifs is 1. The Balaban J connectivity index is 1.79. The van der Waals surface area contributed by atoms with Gasteiger partial charge in [0.25, 0.3) is 11.8 Å². The van der Waals surface area contributed by atoms with Gasteiger partial charge in [-0.3, -0.25) is 19.3 Å². The number of imide groups is 1. The van der Waals surface area contributed by atoms with E-state index in [1.165, 1.54) is 17.1 Å². The summed E-state index contributed by atoms with van der Waals surface area (Å²) in [4.78, 5) is 41.0. The van der Waals surface area contributed by atoms with Crippen molar-refractivity contribution in [1.29, 1.82) is 0 Å². The Kier molecular flexibility index (Phi) is 3.35. The smallest absolute Gasteiger partial charge is 0.254 e. The Bertz CT molecular complexity index is 704. The Morgan fingerprint density at radius 1 is 0.960 bits per heavy atom. The van der Waals surface area contributed by atoms with E-state index in [9.17, 15) is 14.4 Å². The zero-order valence-corrected chi connectivity index (χ0v) is 15.2. The van der Waals surface area contributed by atoms with Crippen LogP contribution in [0, 0.1) is 11.3 Å². The lowest BCUT2D eigenvalue weighted by Crippen LogP contribution is -2.54. The molecule has 0 aromatic carbocycles. The third-order valence-corrected chi connectivity index (χ3v) is 6.50. The Hall–Kier alpha value is -1.91. The molecule has 3 aliphatic heterocycles. The zero-order chi connectivity index (χ0) is 18.0. The maximum Gasteiger partial charge on any atom is 0.254 e. The number of amides is 3. The second kappa shape index (κ2) is 5.05. The van der Waals surface area contributed by atoms with Gasteiger partial charge in [0.05, 0.1) is 11.1 Å². The number of hydrogen-bond donors (Lipinski definition) is 0. The van der Waals surface area contributed by atoms with Crippen molar-refractivity contribution in [3.8, 4) is 0 Å². The molecular weight excluding hydrogens is 316 g/mol. The molecule has 3 heterocycles. The minimum Gasteiger partial charge on any atom is -0.329 e. The van der Waals surface area contributed by atoms with Crippen LogP contribution in [0.2, 0.25) is 0 Å². The average Bonchev–Trinajstić information content (AvgIpc) is 3.12. The number of carbonyl (C=O) groups excluding carboxylic acids is 3. The van der Waals surface area contributed by atoms with Gasteiger partial charge in [0, 0.05) is 24.8 Å². The Morgan fingerprint density at radius 2 is 1.64 bits per heavy atom. The predicted octanol–water partition coefficient (Wildman–Crippen LogP) is 2.43. The molecule has 1 unspecified atom stereocenters. The summed E-state index contributed by atoms with van der Waals surface area (Å²) in [5.74, 6) is 0.0429. The first-order chi connectivity index (χ1) is 11.7. The molecule has 5 nitrogen and oxygen atoms in total. The van der Waals surface area contributed by atoms with Crippen molar-refractivity contribution in [2.45, 2.75) is 64.0 Å². The van der Waals surface area contributed by atoms with Gasteiger partial charge in [0.1, 0.15) is 0 Å². The molecule has 5 heteroatoms. The highest BCUT2D eigenvalue weighted by molar-refractivity contribution is 6.13. The summed E-state index contributed by atoms with van der Waals surface area (Å²) in [6.07, 6.45) is 10.5. The SMILES string of the molecule is CC1CC(C)(C)CN2C(=O)C=C[C@@]23CC[C@](N2C(=O)C=CC2=O)(C1)C3. The summed E-state index contributed by atoms with van der Waals surface area (Å²) in [6.45, 7) is 7.35. The summed E-state index contributed by atoms with van der Waals surface area (Å²) in [5, 5.41) is 0. The first kappa shape index (κ1) is 16.6. The van der Waals surface area contributed by atoms with Crippen molar-refractivity contribution >= 4 is 17.7 Å². The summed E-state index contributed by atoms with van der Waals surface area (Å²) in [6, 6.07) is 0. The van der Waals surface area contributed by atoms with Gasteiger partial charge in [-0.15, -0.1) is 0 Å². The van der Waals surface area contributed by atoms with Gasteiger partial charge in [0.2, 0.25) is 5.91 Å².